The monoisotopic (exact) mass is 310 g/mol. The number of rotatable bonds is 6. The Morgan fingerprint density at radius 3 is 1.86 bits per heavy atom. The second-order valence-electron chi connectivity index (χ2n) is 6.76. The molecule has 4 nitrogen and oxygen atoms in total. The molecule has 2 fully saturated rings. The number of carbonyl (C=O) groups is 2. The zero-order valence-corrected chi connectivity index (χ0v) is 13.9. The van der Waals surface area contributed by atoms with Crippen LogP contribution in [-0.4, -0.2) is 24.1 Å². The van der Waals surface area contributed by atoms with Gasteiger partial charge in [0, 0.05) is 0 Å². The van der Waals surface area contributed by atoms with Crippen LogP contribution in [0.25, 0.3) is 0 Å². The van der Waals surface area contributed by atoms with E-state index < -0.39 is 0 Å². The van der Waals surface area contributed by atoms with Crippen molar-refractivity contribution in [3.8, 4) is 0 Å². The highest BCUT2D eigenvalue weighted by Gasteiger charge is 2.27. The SMILES string of the molecule is CCC(CC(=O)OC1CCCCC1)C(=O)OC1CCCCC1. The maximum Gasteiger partial charge on any atom is 0.309 e. The van der Waals surface area contributed by atoms with Crippen LogP contribution in [0.1, 0.15) is 84.0 Å². The van der Waals surface area contributed by atoms with Crippen molar-refractivity contribution in [1.29, 1.82) is 0 Å². The molecule has 0 aromatic heterocycles. The first-order valence-electron chi connectivity index (χ1n) is 9.09. The molecule has 126 valence electrons. The molecule has 0 aromatic carbocycles. The molecule has 0 bridgehead atoms. The highest BCUT2D eigenvalue weighted by molar-refractivity contribution is 5.80. The van der Waals surface area contributed by atoms with Crippen molar-refractivity contribution in [1.82, 2.24) is 0 Å². The lowest BCUT2D eigenvalue weighted by Crippen LogP contribution is -2.29. The average Bonchev–Trinajstić information content (AvgIpc) is 2.54. The molecule has 0 aromatic rings. The molecule has 0 radical (unpaired) electrons. The van der Waals surface area contributed by atoms with Gasteiger partial charge in [0.2, 0.25) is 0 Å². The van der Waals surface area contributed by atoms with Gasteiger partial charge >= 0.3 is 11.9 Å². The number of esters is 2. The van der Waals surface area contributed by atoms with Gasteiger partial charge in [-0.3, -0.25) is 9.59 Å². The molecule has 2 aliphatic carbocycles. The predicted molar refractivity (Wildman–Crippen MR) is 84.3 cm³/mol. The highest BCUT2D eigenvalue weighted by Crippen LogP contribution is 2.24. The molecule has 0 amide bonds. The maximum absolute atomic E-state index is 12.2. The van der Waals surface area contributed by atoms with Crippen LogP contribution in [-0.2, 0) is 19.1 Å². The second kappa shape index (κ2) is 9.16. The third kappa shape index (κ3) is 5.62. The molecule has 2 saturated carbocycles. The van der Waals surface area contributed by atoms with Crippen molar-refractivity contribution in [2.75, 3.05) is 0 Å². The Hall–Kier alpha value is -1.06. The summed E-state index contributed by atoms with van der Waals surface area (Å²) in [6.45, 7) is 1.93. The minimum absolute atomic E-state index is 0.0599. The Labute approximate surface area is 133 Å². The first-order valence-corrected chi connectivity index (χ1v) is 9.09. The zero-order valence-electron chi connectivity index (χ0n) is 13.9. The summed E-state index contributed by atoms with van der Waals surface area (Å²) in [6, 6.07) is 0. The molecule has 0 spiro atoms. The Morgan fingerprint density at radius 1 is 0.864 bits per heavy atom. The van der Waals surface area contributed by atoms with Gasteiger partial charge in [0.05, 0.1) is 12.3 Å². The third-order valence-electron chi connectivity index (χ3n) is 4.92. The Balaban J connectivity index is 1.74. The van der Waals surface area contributed by atoms with Gasteiger partial charge in [-0.1, -0.05) is 19.8 Å². The summed E-state index contributed by atoms with van der Waals surface area (Å²) in [5.41, 5.74) is 0. The van der Waals surface area contributed by atoms with Crippen LogP contribution in [0.5, 0.6) is 0 Å². The van der Waals surface area contributed by atoms with Crippen molar-refractivity contribution in [2.45, 2.75) is 96.2 Å². The van der Waals surface area contributed by atoms with Crippen molar-refractivity contribution in [3.05, 3.63) is 0 Å². The standard InChI is InChI=1S/C18H30O4/c1-2-14(18(20)22-16-11-7-4-8-12-16)13-17(19)21-15-9-5-3-6-10-15/h14-16H,2-13H2,1H3. The Kier molecular flexibility index (Phi) is 7.20. The number of carbonyl (C=O) groups excluding carboxylic acids is 2. The first-order chi connectivity index (χ1) is 10.7. The largest absolute Gasteiger partial charge is 0.462 e. The van der Waals surface area contributed by atoms with Crippen LogP contribution in [0, 0.1) is 5.92 Å². The molecular weight excluding hydrogens is 280 g/mol. The van der Waals surface area contributed by atoms with Gasteiger partial charge in [0.1, 0.15) is 12.2 Å². The normalized spacial score (nSPS) is 22.0. The van der Waals surface area contributed by atoms with E-state index in [1.807, 2.05) is 6.92 Å². The van der Waals surface area contributed by atoms with Crippen LogP contribution in [0.4, 0.5) is 0 Å². The van der Waals surface area contributed by atoms with E-state index in [-0.39, 0.29) is 36.5 Å². The zero-order chi connectivity index (χ0) is 15.8. The summed E-state index contributed by atoms with van der Waals surface area (Å²) < 4.78 is 11.1. The van der Waals surface area contributed by atoms with Crippen LogP contribution in [0.15, 0.2) is 0 Å². The van der Waals surface area contributed by atoms with Crippen LogP contribution >= 0.6 is 0 Å². The van der Waals surface area contributed by atoms with Crippen LogP contribution in [0.2, 0.25) is 0 Å². The molecule has 4 heteroatoms. The summed E-state index contributed by atoms with van der Waals surface area (Å²) in [5, 5.41) is 0. The molecular formula is C18H30O4. The third-order valence-corrected chi connectivity index (χ3v) is 4.92. The summed E-state index contributed by atoms with van der Waals surface area (Å²) in [7, 11) is 0. The van der Waals surface area contributed by atoms with Crippen molar-refractivity contribution < 1.29 is 19.1 Å². The molecule has 0 saturated heterocycles. The maximum atomic E-state index is 12.2. The lowest BCUT2D eigenvalue weighted by Gasteiger charge is -2.25. The lowest BCUT2D eigenvalue weighted by molar-refractivity contribution is -0.162. The number of ether oxygens (including phenoxy) is 2. The number of hydrogen-bond acceptors (Lipinski definition) is 4. The van der Waals surface area contributed by atoms with E-state index in [4.69, 9.17) is 9.47 Å². The minimum Gasteiger partial charge on any atom is -0.462 e. The molecule has 22 heavy (non-hydrogen) atoms. The first kappa shape index (κ1) is 17.3. The van der Waals surface area contributed by atoms with Gasteiger partial charge in [0.25, 0.3) is 0 Å². The lowest BCUT2D eigenvalue weighted by atomic mass is 9.96. The van der Waals surface area contributed by atoms with Gasteiger partial charge in [-0.2, -0.15) is 0 Å². The minimum atomic E-state index is -0.349. The van der Waals surface area contributed by atoms with Crippen molar-refractivity contribution in [3.63, 3.8) is 0 Å². The molecule has 2 aliphatic rings. The summed E-state index contributed by atoms with van der Waals surface area (Å²) in [5.74, 6) is -0.799. The fraction of sp³-hybridized carbons (Fsp3) is 0.889. The van der Waals surface area contributed by atoms with Crippen LogP contribution < -0.4 is 0 Å². The van der Waals surface area contributed by atoms with Gasteiger partial charge in [-0.25, -0.2) is 0 Å². The smallest absolute Gasteiger partial charge is 0.309 e. The van der Waals surface area contributed by atoms with E-state index in [1.54, 1.807) is 0 Å². The predicted octanol–water partition coefficient (Wildman–Crippen LogP) is 4.15. The van der Waals surface area contributed by atoms with Crippen molar-refractivity contribution >= 4 is 11.9 Å². The topological polar surface area (TPSA) is 52.6 Å². The van der Waals surface area contributed by atoms with Crippen LogP contribution in [0.3, 0.4) is 0 Å². The van der Waals surface area contributed by atoms with Gasteiger partial charge < -0.3 is 9.47 Å². The Morgan fingerprint density at radius 2 is 1.36 bits per heavy atom. The molecule has 0 aliphatic heterocycles. The van der Waals surface area contributed by atoms with Crippen molar-refractivity contribution in [2.24, 2.45) is 5.92 Å². The summed E-state index contributed by atoms with van der Waals surface area (Å²) in [6.07, 6.45) is 11.8. The van der Waals surface area contributed by atoms with E-state index in [0.717, 1.165) is 51.4 Å². The number of hydrogen-bond donors (Lipinski definition) is 0. The fourth-order valence-electron chi connectivity index (χ4n) is 3.46. The molecule has 0 N–H and O–H groups in total. The molecule has 0 heterocycles. The highest BCUT2D eigenvalue weighted by atomic mass is 16.6. The quantitative estimate of drug-likeness (QED) is 0.691. The van der Waals surface area contributed by atoms with Gasteiger partial charge in [-0.15, -0.1) is 0 Å². The average molecular weight is 310 g/mol. The fourth-order valence-corrected chi connectivity index (χ4v) is 3.46. The van der Waals surface area contributed by atoms with E-state index in [2.05, 4.69) is 0 Å². The van der Waals surface area contributed by atoms with E-state index in [1.165, 1.54) is 12.8 Å². The van der Waals surface area contributed by atoms with E-state index >= 15 is 0 Å². The van der Waals surface area contributed by atoms with E-state index in [0.29, 0.717) is 6.42 Å². The molecule has 2 rings (SSSR count). The Bertz CT molecular complexity index is 354. The summed E-state index contributed by atoms with van der Waals surface area (Å²) in [4.78, 5) is 24.3. The van der Waals surface area contributed by atoms with Gasteiger partial charge in [-0.05, 0) is 57.8 Å². The second-order valence-corrected chi connectivity index (χ2v) is 6.76. The molecule has 1 atom stereocenters. The van der Waals surface area contributed by atoms with E-state index in [9.17, 15) is 9.59 Å². The molecule has 1 unspecified atom stereocenters. The van der Waals surface area contributed by atoms with Gasteiger partial charge in [0.15, 0.2) is 0 Å². The summed E-state index contributed by atoms with van der Waals surface area (Å²) >= 11 is 0.